The number of aryl methyl sites for hydroxylation is 3. The molecule has 0 fully saturated rings. The molecule has 0 saturated heterocycles. The van der Waals surface area contributed by atoms with E-state index < -0.39 is 0 Å². The van der Waals surface area contributed by atoms with Crippen LogP contribution >= 0.6 is 0 Å². The molecule has 0 aliphatic heterocycles. The van der Waals surface area contributed by atoms with Crippen LogP contribution in [0.3, 0.4) is 0 Å². The highest BCUT2D eigenvalue weighted by atomic mass is 14.9. The highest BCUT2D eigenvalue weighted by Gasteiger charge is 2.11. The summed E-state index contributed by atoms with van der Waals surface area (Å²) < 4.78 is 2.24. The molecule has 1 aromatic heterocycles. The predicted octanol–water partition coefficient (Wildman–Crippen LogP) is 3.71. The van der Waals surface area contributed by atoms with E-state index in [4.69, 9.17) is 0 Å². The molecular formula is C17H22N+. The summed E-state index contributed by atoms with van der Waals surface area (Å²) in [6, 6.07) is 9.23. The zero-order chi connectivity index (χ0) is 12.4. The Labute approximate surface area is 109 Å². The third-order valence-corrected chi connectivity index (χ3v) is 4.21. The van der Waals surface area contributed by atoms with E-state index in [1.165, 1.54) is 55.8 Å². The van der Waals surface area contributed by atoms with Crippen LogP contribution < -0.4 is 4.57 Å². The first-order valence-corrected chi connectivity index (χ1v) is 7.25. The topological polar surface area (TPSA) is 3.88 Å². The summed E-state index contributed by atoms with van der Waals surface area (Å²) in [6.45, 7) is 0. The third-order valence-electron chi connectivity index (χ3n) is 4.21. The van der Waals surface area contributed by atoms with Gasteiger partial charge >= 0.3 is 0 Å². The maximum absolute atomic E-state index is 2.43. The number of fused-ring (bicyclic) bond motifs is 2. The lowest BCUT2D eigenvalue weighted by atomic mass is 9.97. The second-order valence-electron chi connectivity index (χ2n) is 5.57. The number of nitrogens with zero attached hydrogens (tertiary/aromatic N) is 1. The molecule has 2 aromatic rings. The Bertz CT molecular complexity index is 557. The van der Waals surface area contributed by atoms with Gasteiger partial charge in [0.05, 0.1) is 0 Å². The minimum Gasteiger partial charge on any atom is -0.201 e. The third kappa shape index (κ3) is 2.27. The summed E-state index contributed by atoms with van der Waals surface area (Å²) >= 11 is 0. The molecule has 0 amide bonds. The fourth-order valence-corrected chi connectivity index (χ4v) is 3.12. The molecule has 1 aromatic carbocycles. The first-order chi connectivity index (χ1) is 8.84. The molecular weight excluding hydrogens is 218 g/mol. The maximum Gasteiger partial charge on any atom is 0.212 e. The molecule has 1 aliphatic rings. The van der Waals surface area contributed by atoms with Crippen molar-refractivity contribution in [3.63, 3.8) is 0 Å². The van der Waals surface area contributed by atoms with Crippen molar-refractivity contribution >= 4 is 10.9 Å². The van der Waals surface area contributed by atoms with Crippen molar-refractivity contribution in [3.05, 3.63) is 41.6 Å². The van der Waals surface area contributed by atoms with Gasteiger partial charge in [0.15, 0.2) is 6.20 Å². The largest absolute Gasteiger partial charge is 0.212 e. The van der Waals surface area contributed by atoms with Gasteiger partial charge in [-0.15, -0.1) is 0 Å². The molecule has 0 bridgehead atoms. The molecule has 18 heavy (non-hydrogen) atoms. The van der Waals surface area contributed by atoms with Gasteiger partial charge < -0.3 is 0 Å². The molecule has 0 atom stereocenters. The summed E-state index contributed by atoms with van der Waals surface area (Å²) in [5.74, 6) is 0. The van der Waals surface area contributed by atoms with E-state index in [1.54, 1.807) is 11.1 Å². The molecule has 1 heteroatoms. The highest BCUT2D eigenvalue weighted by Crippen LogP contribution is 2.23. The van der Waals surface area contributed by atoms with E-state index in [-0.39, 0.29) is 0 Å². The summed E-state index contributed by atoms with van der Waals surface area (Å²) in [4.78, 5) is 0. The average Bonchev–Trinajstić information content (AvgIpc) is 2.49. The van der Waals surface area contributed by atoms with Crippen molar-refractivity contribution < 1.29 is 4.57 Å². The number of rotatable bonds is 0. The van der Waals surface area contributed by atoms with E-state index in [0.29, 0.717) is 0 Å². The monoisotopic (exact) mass is 240 g/mol. The Balaban J connectivity index is 2.10. The van der Waals surface area contributed by atoms with E-state index in [1.807, 2.05) is 0 Å². The van der Waals surface area contributed by atoms with Crippen molar-refractivity contribution in [3.8, 4) is 0 Å². The highest BCUT2D eigenvalue weighted by molar-refractivity contribution is 5.77. The van der Waals surface area contributed by atoms with Crippen molar-refractivity contribution in [1.82, 2.24) is 0 Å². The summed E-state index contributed by atoms with van der Waals surface area (Å²) in [5, 5.41) is 1.39. The van der Waals surface area contributed by atoms with Gasteiger partial charge in [0.2, 0.25) is 5.52 Å². The van der Waals surface area contributed by atoms with Crippen LogP contribution in [0.1, 0.15) is 43.2 Å². The molecule has 0 unspecified atom stereocenters. The number of benzene rings is 1. The average molecular weight is 240 g/mol. The van der Waals surface area contributed by atoms with Crippen LogP contribution in [-0.4, -0.2) is 0 Å². The molecule has 0 radical (unpaired) electrons. The molecule has 0 saturated carbocycles. The summed E-state index contributed by atoms with van der Waals surface area (Å²) in [6.07, 6.45) is 11.6. The number of hydrogen-bond acceptors (Lipinski definition) is 0. The van der Waals surface area contributed by atoms with Crippen LogP contribution in [-0.2, 0) is 19.9 Å². The zero-order valence-electron chi connectivity index (χ0n) is 11.3. The van der Waals surface area contributed by atoms with E-state index in [0.717, 1.165) is 0 Å². The van der Waals surface area contributed by atoms with Crippen LogP contribution in [0.2, 0.25) is 0 Å². The fraction of sp³-hybridized carbons (Fsp3) is 0.471. The van der Waals surface area contributed by atoms with Crippen LogP contribution in [0, 0.1) is 0 Å². The summed E-state index contributed by atoms with van der Waals surface area (Å²) in [7, 11) is 2.14. The minimum atomic E-state index is 1.26. The van der Waals surface area contributed by atoms with Crippen LogP contribution in [0.15, 0.2) is 30.5 Å². The van der Waals surface area contributed by atoms with Crippen molar-refractivity contribution in [1.29, 1.82) is 0 Å². The Kier molecular flexibility index (Phi) is 3.31. The quantitative estimate of drug-likeness (QED) is 0.618. The second kappa shape index (κ2) is 5.09. The first-order valence-electron chi connectivity index (χ1n) is 7.25. The molecule has 94 valence electrons. The van der Waals surface area contributed by atoms with Crippen molar-refractivity contribution in [2.24, 2.45) is 7.05 Å². The van der Waals surface area contributed by atoms with Gasteiger partial charge in [-0.2, -0.15) is 0 Å². The lowest BCUT2D eigenvalue weighted by molar-refractivity contribution is -0.644. The lowest BCUT2D eigenvalue weighted by Gasteiger charge is -2.09. The molecule has 0 spiro atoms. The zero-order valence-corrected chi connectivity index (χ0v) is 11.3. The van der Waals surface area contributed by atoms with Gasteiger partial charge in [0.1, 0.15) is 7.05 Å². The molecule has 1 aliphatic carbocycles. The Morgan fingerprint density at radius 1 is 0.889 bits per heavy atom. The number of pyridine rings is 1. The first kappa shape index (κ1) is 11.7. The van der Waals surface area contributed by atoms with Gasteiger partial charge in [-0.1, -0.05) is 19.3 Å². The number of aromatic nitrogens is 1. The minimum absolute atomic E-state index is 1.26. The van der Waals surface area contributed by atoms with Crippen molar-refractivity contribution in [2.45, 2.75) is 44.9 Å². The Hall–Kier alpha value is -1.37. The van der Waals surface area contributed by atoms with Crippen LogP contribution in [0.25, 0.3) is 10.9 Å². The van der Waals surface area contributed by atoms with Gasteiger partial charge in [-0.25, -0.2) is 4.57 Å². The Morgan fingerprint density at radius 3 is 2.33 bits per heavy atom. The van der Waals surface area contributed by atoms with E-state index >= 15 is 0 Å². The van der Waals surface area contributed by atoms with Gasteiger partial charge in [-0.05, 0) is 48.9 Å². The maximum atomic E-state index is 2.43. The molecule has 1 nitrogen and oxygen atoms in total. The fourth-order valence-electron chi connectivity index (χ4n) is 3.12. The predicted molar refractivity (Wildman–Crippen MR) is 75.6 cm³/mol. The Morgan fingerprint density at radius 2 is 1.56 bits per heavy atom. The van der Waals surface area contributed by atoms with Crippen molar-refractivity contribution in [2.75, 3.05) is 0 Å². The van der Waals surface area contributed by atoms with Gasteiger partial charge in [0, 0.05) is 17.5 Å². The normalized spacial score (nSPS) is 16.7. The molecule has 1 heterocycles. The van der Waals surface area contributed by atoms with Gasteiger partial charge in [0.25, 0.3) is 0 Å². The van der Waals surface area contributed by atoms with Crippen LogP contribution in [0.5, 0.6) is 0 Å². The number of hydrogen-bond donors (Lipinski definition) is 0. The lowest BCUT2D eigenvalue weighted by Crippen LogP contribution is -2.28. The van der Waals surface area contributed by atoms with Crippen LogP contribution in [0.4, 0.5) is 0 Å². The van der Waals surface area contributed by atoms with E-state index in [2.05, 4.69) is 42.1 Å². The standard InChI is InChI=1S/C17H22N/c1-18-11-7-10-16-12-14-8-5-3-2-4-6-9-15(14)13-17(16)18/h7,10-13H,2-6,8-9H2,1H3/q+1. The van der Waals surface area contributed by atoms with Gasteiger partial charge in [-0.3, -0.25) is 0 Å². The SMILES string of the molecule is C[n+]1cccc2cc3c(cc21)CCCCCCC3. The second-order valence-corrected chi connectivity index (χ2v) is 5.57. The molecule has 0 N–H and O–H groups in total. The molecule has 3 rings (SSSR count). The summed E-state index contributed by atoms with van der Waals surface area (Å²) in [5.41, 5.74) is 4.55. The van der Waals surface area contributed by atoms with E-state index in [9.17, 15) is 0 Å². The smallest absolute Gasteiger partial charge is 0.201 e.